The minimum absolute atomic E-state index is 0.0274. The number of aryl methyl sites for hydroxylation is 2. The number of nitrogens with zero attached hydrogens (tertiary/aromatic N) is 3. The average molecular weight is 595 g/mol. The van der Waals surface area contributed by atoms with Gasteiger partial charge in [-0.25, -0.2) is 8.42 Å². The van der Waals surface area contributed by atoms with Crippen molar-refractivity contribution in [3.8, 4) is 0 Å². The number of amides is 2. The van der Waals surface area contributed by atoms with Crippen molar-refractivity contribution in [2.75, 3.05) is 17.1 Å². The van der Waals surface area contributed by atoms with Crippen LogP contribution in [0.25, 0.3) is 0 Å². The highest BCUT2D eigenvalue weighted by molar-refractivity contribution is 7.92. The van der Waals surface area contributed by atoms with Crippen LogP contribution in [-0.4, -0.2) is 54.9 Å². The number of nitrogens with one attached hydrogen (secondary N) is 1. The summed E-state index contributed by atoms with van der Waals surface area (Å²) in [5.74, 6) is -0.970. The first-order valence-corrected chi connectivity index (χ1v) is 15.6. The van der Waals surface area contributed by atoms with Crippen molar-refractivity contribution in [2.24, 2.45) is 0 Å². The van der Waals surface area contributed by atoms with Crippen molar-refractivity contribution in [2.45, 2.75) is 59.2 Å². The van der Waals surface area contributed by atoms with Gasteiger partial charge in [0, 0.05) is 31.1 Å². The molecule has 11 heteroatoms. The van der Waals surface area contributed by atoms with Crippen molar-refractivity contribution < 1.29 is 22.9 Å². The van der Waals surface area contributed by atoms with E-state index in [9.17, 15) is 28.1 Å². The molecule has 0 aliphatic heterocycles. The number of rotatable bonds is 13. The molecule has 0 aliphatic carbocycles. The lowest BCUT2D eigenvalue weighted by Crippen LogP contribution is -2.54. The van der Waals surface area contributed by atoms with Crippen molar-refractivity contribution in [1.29, 1.82) is 0 Å². The van der Waals surface area contributed by atoms with E-state index in [1.807, 2.05) is 75.4 Å². The van der Waals surface area contributed by atoms with Crippen LogP contribution in [0.3, 0.4) is 0 Å². The number of nitro groups is 1. The van der Waals surface area contributed by atoms with E-state index in [2.05, 4.69) is 5.32 Å². The second-order valence-corrected chi connectivity index (χ2v) is 12.4. The van der Waals surface area contributed by atoms with Crippen LogP contribution in [0.1, 0.15) is 42.5 Å². The van der Waals surface area contributed by atoms with Crippen LogP contribution in [0.5, 0.6) is 0 Å². The molecule has 2 atom stereocenters. The number of hydrogen-bond acceptors (Lipinski definition) is 6. The average Bonchev–Trinajstić information content (AvgIpc) is 2.94. The second kappa shape index (κ2) is 14.1. The molecule has 0 saturated carbocycles. The molecule has 2 amide bonds. The first-order valence-electron chi connectivity index (χ1n) is 13.7. The predicted molar refractivity (Wildman–Crippen MR) is 164 cm³/mol. The highest BCUT2D eigenvalue weighted by Crippen LogP contribution is 2.28. The van der Waals surface area contributed by atoms with E-state index in [0.29, 0.717) is 12.0 Å². The van der Waals surface area contributed by atoms with Gasteiger partial charge in [-0.1, -0.05) is 67.6 Å². The van der Waals surface area contributed by atoms with Gasteiger partial charge in [0.15, 0.2) is 0 Å². The number of carbonyl (C=O) groups is 2. The quantitative estimate of drug-likeness (QED) is 0.229. The summed E-state index contributed by atoms with van der Waals surface area (Å²) >= 11 is 0. The van der Waals surface area contributed by atoms with E-state index < -0.39 is 33.4 Å². The smallest absolute Gasteiger partial charge is 0.271 e. The summed E-state index contributed by atoms with van der Waals surface area (Å²) in [6.07, 6.45) is 1.83. The van der Waals surface area contributed by atoms with Gasteiger partial charge in [0.25, 0.3) is 5.69 Å². The van der Waals surface area contributed by atoms with Crippen LogP contribution in [0.15, 0.2) is 72.8 Å². The first kappa shape index (κ1) is 32.3. The van der Waals surface area contributed by atoms with E-state index >= 15 is 0 Å². The minimum atomic E-state index is -4.06. The van der Waals surface area contributed by atoms with Crippen LogP contribution in [-0.2, 0) is 32.6 Å². The van der Waals surface area contributed by atoms with Gasteiger partial charge in [0.2, 0.25) is 21.8 Å². The van der Waals surface area contributed by atoms with Crippen molar-refractivity contribution in [3.05, 3.63) is 105 Å². The Balaban J connectivity index is 2.12. The van der Waals surface area contributed by atoms with Crippen LogP contribution >= 0.6 is 0 Å². The van der Waals surface area contributed by atoms with Gasteiger partial charge in [-0.05, 0) is 49.4 Å². The lowest BCUT2D eigenvalue weighted by molar-refractivity contribution is -0.384. The van der Waals surface area contributed by atoms with Crippen molar-refractivity contribution >= 4 is 33.2 Å². The van der Waals surface area contributed by atoms with Crippen LogP contribution in [0.4, 0.5) is 11.4 Å². The SMILES string of the molecule is CC[C@H](C)NC(=O)[C@@H](Cc1ccccc1)N(Cc1ccccc1C)C(=O)CN(c1cc([N+](=O)[O-])ccc1C)S(C)(=O)=O. The fourth-order valence-corrected chi connectivity index (χ4v) is 5.44. The summed E-state index contributed by atoms with van der Waals surface area (Å²) in [5, 5.41) is 14.5. The third-order valence-electron chi connectivity index (χ3n) is 7.23. The molecule has 0 aliphatic rings. The van der Waals surface area contributed by atoms with E-state index in [4.69, 9.17) is 0 Å². The number of anilines is 1. The zero-order valence-corrected chi connectivity index (χ0v) is 25.4. The molecule has 0 fully saturated rings. The molecule has 3 aromatic carbocycles. The molecular weight excluding hydrogens is 556 g/mol. The van der Waals surface area contributed by atoms with Gasteiger partial charge in [-0.2, -0.15) is 0 Å². The third-order valence-corrected chi connectivity index (χ3v) is 8.35. The van der Waals surface area contributed by atoms with E-state index in [-0.39, 0.29) is 36.3 Å². The van der Waals surface area contributed by atoms with Crippen LogP contribution < -0.4 is 9.62 Å². The molecule has 42 heavy (non-hydrogen) atoms. The Morgan fingerprint density at radius 3 is 2.21 bits per heavy atom. The van der Waals surface area contributed by atoms with E-state index in [0.717, 1.165) is 33.3 Å². The van der Waals surface area contributed by atoms with Gasteiger partial charge in [-0.3, -0.25) is 24.0 Å². The van der Waals surface area contributed by atoms with Gasteiger partial charge in [-0.15, -0.1) is 0 Å². The number of hydrogen-bond donors (Lipinski definition) is 1. The first-order chi connectivity index (χ1) is 19.8. The molecule has 0 radical (unpaired) electrons. The molecule has 0 saturated heterocycles. The highest BCUT2D eigenvalue weighted by Gasteiger charge is 2.34. The Labute approximate surface area is 247 Å². The van der Waals surface area contributed by atoms with Gasteiger partial charge >= 0.3 is 0 Å². The summed E-state index contributed by atoms with van der Waals surface area (Å²) in [4.78, 5) is 40.2. The van der Waals surface area contributed by atoms with Crippen molar-refractivity contribution in [1.82, 2.24) is 10.2 Å². The molecule has 0 aromatic heterocycles. The zero-order chi connectivity index (χ0) is 31.0. The molecule has 1 N–H and O–H groups in total. The van der Waals surface area contributed by atoms with Crippen LogP contribution in [0, 0.1) is 24.0 Å². The largest absolute Gasteiger partial charge is 0.352 e. The maximum absolute atomic E-state index is 14.2. The zero-order valence-electron chi connectivity index (χ0n) is 24.6. The Morgan fingerprint density at radius 1 is 0.976 bits per heavy atom. The van der Waals surface area contributed by atoms with E-state index in [1.165, 1.54) is 17.0 Å². The molecule has 0 bridgehead atoms. The molecule has 10 nitrogen and oxygen atoms in total. The second-order valence-electron chi connectivity index (χ2n) is 10.5. The lowest BCUT2D eigenvalue weighted by atomic mass is 10.0. The minimum Gasteiger partial charge on any atom is -0.352 e. The molecule has 0 heterocycles. The lowest BCUT2D eigenvalue weighted by Gasteiger charge is -2.34. The summed E-state index contributed by atoms with van der Waals surface area (Å²) in [5.41, 5.74) is 2.71. The van der Waals surface area contributed by atoms with Crippen molar-refractivity contribution in [3.63, 3.8) is 0 Å². The standard InChI is InChI=1S/C31H38N4O6S/c1-6-24(4)32-31(37)29(18-25-13-8-7-9-14-25)33(20-26-15-11-10-12-22(26)2)30(36)21-34(42(5,40)41)28-19-27(35(38)39)17-16-23(28)3/h7-17,19,24,29H,6,18,20-21H2,1-5H3,(H,32,37)/t24-,29+/m0/s1. The maximum atomic E-state index is 14.2. The normalized spacial score (nSPS) is 12.7. The monoisotopic (exact) mass is 594 g/mol. The molecule has 0 unspecified atom stereocenters. The fourth-order valence-electron chi connectivity index (χ4n) is 4.54. The Kier molecular flexibility index (Phi) is 10.8. The number of nitro benzene ring substituents is 1. The Hall–Kier alpha value is -4.25. The number of sulfonamides is 1. The highest BCUT2D eigenvalue weighted by atomic mass is 32.2. The molecule has 224 valence electrons. The maximum Gasteiger partial charge on any atom is 0.271 e. The van der Waals surface area contributed by atoms with Gasteiger partial charge < -0.3 is 10.2 Å². The number of carbonyl (C=O) groups excluding carboxylic acids is 2. The third kappa shape index (κ3) is 8.39. The van der Waals surface area contributed by atoms with Crippen LogP contribution in [0.2, 0.25) is 0 Å². The summed E-state index contributed by atoms with van der Waals surface area (Å²) < 4.78 is 26.9. The topological polar surface area (TPSA) is 130 Å². The summed E-state index contributed by atoms with van der Waals surface area (Å²) in [6.45, 7) is 6.75. The molecule has 3 aromatic rings. The number of benzene rings is 3. The summed E-state index contributed by atoms with van der Waals surface area (Å²) in [7, 11) is -4.06. The predicted octanol–water partition coefficient (Wildman–Crippen LogP) is 4.53. The molecular formula is C31H38N4O6S. The number of non-ortho nitro benzene ring substituents is 1. The van der Waals surface area contributed by atoms with Gasteiger partial charge in [0.05, 0.1) is 16.9 Å². The molecule has 0 spiro atoms. The molecule has 3 rings (SSSR count). The Morgan fingerprint density at radius 2 is 1.62 bits per heavy atom. The fraction of sp³-hybridized carbons (Fsp3) is 0.355. The summed E-state index contributed by atoms with van der Waals surface area (Å²) in [6, 6.07) is 19.5. The Bertz CT molecular complexity index is 1530. The van der Waals surface area contributed by atoms with E-state index in [1.54, 1.807) is 6.92 Å². The van der Waals surface area contributed by atoms with Gasteiger partial charge in [0.1, 0.15) is 12.6 Å².